The van der Waals surface area contributed by atoms with Gasteiger partial charge in [0.05, 0.1) is 6.61 Å². The maximum Gasteiger partial charge on any atom is 0.268 e. The predicted molar refractivity (Wildman–Crippen MR) is 61.7 cm³/mol. The van der Waals surface area contributed by atoms with E-state index >= 15 is 0 Å². The Hall–Kier alpha value is -1.92. The van der Waals surface area contributed by atoms with Crippen LogP contribution in [0.25, 0.3) is 0 Å². The molecule has 8 nitrogen and oxygen atoms in total. The number of nitrogens with two attached hydrogens (primary N) is 1. The molecule has 0 radical (unpaired) electrons. The summed E-state index contributed by atoms with van der Waals surface area (Å²) in [6.45, 7) is -0.461. The average molecular weight is 267 g/mol. The number of aliphatic hydroxyl groups excluding tert-OH is 3. The summed E-state index contributed by atoms with van der Waals surface area (Å²) in [4.78, 5) is 14.8. The normalized spacial score (nSPS) is 30.2. The molecule has 0 spiro atoms. The summed E-state index contributed by atoms with van der Waals surface area (Å²) in [6.07, 6.45) is 1.93. The summed E-state index contributed by atoms with van der Waals surface area (Å²) in [5.41, 5.74) is 5.01. The Balaban J connectivity index is 2.37. The third kappa shape index (κ3) is 2.20. The molecule has 1 amide bonds. The van der Waals surface area contributed by atoms with Crippen LogP contribution in [0.4, 0.5) is 0 Å². The molecule has 0 aromatic carbocycles. The molecule has 1 aromatic rings. The minimum atomic E-state index is -1.31. The number of imidazole rings is 1. The molecule has 5 N–H and O–H groups in total. The Morgan fingerprint density at radius 3 is 2.74 bits per heavy atom. The van der Waals surface area contributed by atoms with Gasteiger partial charge in [0.2, 0.25) is 0 Å². The van der Waals surface area contributed by atoms with Crippen molar-refractivity contribution in [1.29, 1.82) is 0 Å². The fourth-order valence-electron chi connectivity index (χ4n) is 1.92. The van der Waals surface area contributed by atoms with Crippen LogP contribution in [0.2, 0.25) is 0 Å². The Bertz CT molecular complexity index is 535. The largest absolute Gasteiger partial charge is 0.394 e. The van der Waals surface area contributed by atoms with Gasteiger partial charge < -0.3 is 25.8 Å². The van der Waals surface area contributed by atoms with Crippen molar-refractivity contribution in [3.63, 3.8) is 0 Å². The molecule has 8 heteroatoms. The molecular weight excluding hydrogens is 254 g/mol. The number of carbonyl (C=O) groups excluding carboxylic acids is 1. The van der Waals surface area contributed by atoms with E-state index in [1.54, 1.807) is 0 Å². The van der Waals surface area contributed by atoms with Gasteiger partial charge in [0, 0.05) is 6.20 Å². The van der Waals surface area contributed by atoms with E-state index < -0.39 is 37.1 Å². The van der Waals surface area contributed by atoms with Crippen LogP contribution in [0.3, 0.4) is 0 Å². The van der Waals surface area contributed by atoms with Crippen molar-refractivity contribution in [3.8, 4) is 12.3 Å². The highest BCUT2D eigenvalue weighted by Crippen LogP contribution is 2.30. The topological polar surface area (TPSA) is 131 Å². The molecule has 2 heterocycles. The molecule has 1 aliphatic rings. The van der Waals surface area contributed by atoms with Crippen LogP contribution in [0.5, 0.6) is 0 Å². The van der Waals surface area contributed by atoms with Crippen LogP contribution in [0, 0.1) is 12.3 Å². The summed E-state index contributed by atoms with van der Waals surface area (Å²) in [5, 5.41) is 28.5. The SMILES string of the molecule is C#Cc1nc(C(N)=O)cn1C1O[C@H](CO)[C@@H](O)[C@H]1O. The minimum absolute atomic E-state index is 0.0311. The lowest BCUT2D eigenvalue weighted by Crippen LogP contribution is -2.33. The average Bonchev–Trinajstić information content (AvgIpc) is 2.93. The van der Waals surface area contributed by atoms with E-state index in [4.69, 9.17) is 22.0 Å². The zero-order valence-electron chi connectivity index (χ0n) is 9.80. The second-order valence-electron chi connectivity index (χ2n) is 4.09. The molecule has 1 aliphatic heterocycles. The molecule has 1 unspecified atom stereocenters. The quantitative estimate of drug-likeness (QED) is 0.451. The minimum Gasteiger partial charge on any atom is -0.394 e. The van der Waals surface area contributed by atoms with Gasteiger partial charge in [-0.25, -0.2) is 4.98 Å². The Kier molecular flexibility index (Phi) is 3.55. The van der Waals surface area contributed by atoms with Crippen molar-refractivity contribution in [1.82, 2.24) is 9.55 Å². The second-order valence-corrected chi connectivity index (χ2v) is 4.09. The van der Waals surface area contributed by atoms with Crippen molar-refractivity contribution >= 4 is 5.91 Å². The molecule has 1 fully saturated rings. The lowest BCUT2D eigenvalue weighted by molar-refractivity contribution is -0.0531. The summed E-state index contributed by atoms with van der Waals surface area (Å²) in [6, 6.07) is 0. The lowest BCUT2D eigenvalue weighted by atomic mass is 10.1. The standard InChI is InChI=1S/C11H13N3O5/c1-2-7-13-5(10(12)18)3-14(7)11-9(17)8(16)6(4-15)19-11/h1,3,6,8-9,11,15-17H,4H2,(H2,12,18)/t6-,8-,9-,11?/m1/s1. The van der Waals surface area contributed by atoms with Gasteiger partial charge in [-0.3, -0.25) is 9.36 Å². The third-order valence-electron chi connectivity index (χ3n) is 2.91. The van der Waals surface area contributed by atoms with E-state index in [9.17, 15) is 15.0 Å². The van der Waals surface area contributed by atoms with Gasteiger partial charge in [-0.2, -0.15) is 0 Å². The molecule has 102 valence electrons. The number of aliphatic hydroxyl groups is 3. The maximum absolute atomic E-state index is 11.0. The van der Waals surface area contributed by atoms with Crippen LogP contribution in [0.1, 0.15) is 22.5 Å². The molecule has 1 saturated heterocycles. The number of rotatable bonds is 3. The second kappa shape index (κ2) is 4.99. The molecule has 19 heavy (non-hydrogen) atoms. The van der Waals surface area contributed by atoms with E-state index in [-0.39, 0.29) is 11.5 Å². The van der Waals surface area contributed by atoms with E-state index in [0.717, 1.165) is 0 Å². The predicted octanol–water partition coefficient (Wildman–Crippen LogP) is -2.43. The van der Waals surface area contributed by atoms with Gasteiger partial charge in [-0.15, -0.1) is 6.42 Å². The smallest absolute Gasteiger partial charge is 0.268 e. The van der Waals surface area contributed by atoms with Crippen LogP contribution >= 0.6 is 0 Å². The van der Waals surface area contributed by atoms with E-state index in [1.807, 2.05) is 0 Å². The van der Waals surface area contributed by atoms with Crippen LogP contribution in [-0.2, 0) is 4.74 Å². The molecule has 1 aromatic heterocycles. The highest BCUT2D eigenvalue weighted by Gasteiger charge is 2.44. The summed E-state index contributed by atoms with van der Waals surface area (Å²) in [5.74, 6) is 1.48. The Morgan fingerprint density at radius 1 is 1.58 bits per heavy atom. The van der Waals surface area contributed by atoms with Crippen LogP contribution in [0.15, 0.2) is 6.20 Å². The molecule has 4 atom stereocenters. The molecular formula is C11H13N3O5. The van der Waals surface area contributed by atoms with Crippen molar-refractivity contribution in [2.24, 2.45) is 5.73 Å². The number of primary amides is 1. The van der Waals surface area contributed by atoms with Crippen molar-refractivity contribution in [3.05, 3.63) is 17.7 Å². The first-order valence-corrected chi connectivity index (χ1v) is 5.47. The van der Waals surface area contributed by atoms with Crippen LogP contribution in [-0.4, -0.2) is 55.7 Å². The van der Waals surface area contributed by atoms with Crippen LogP contribution < -0.4 is 5.73 Å². The lowest BCUT2D eigenvalue weighted by Gasteiger charge is -2.16. The fourth-order valence-corrected chi connectivity index (χ4v) is 1.92. The van der Waals surface area contributed by atoms with Gasteiger partial charge in [0.15, 0.2) is 12.1 Å². The van der Waals surface area contributed by atoms with Gasteiger partial charge in [0.1, 0.15) is 24.0 Å². The zero-order chi connectivity index (χ0) is 14.2. The number of nitrogens with zero attached hydrogens (tertiary/aromatic N) is 2. The summed E-state index contributed by atoms with van der Waals surface area (Å²) < 4.78 is 6.51. The third-order valence-corrected chi connectivity index (χ3v) is 2.91. The highest BCUT2D eigenvalue weighted by molar-refractivity contribution is 5.90. The van der Waals surface area contributed by atoms with E-state index in [0.29, 0.717) is 0 Å². The fraction of sp³-hybridized carbons (Fsp3) is 0.455. The Labute approximate surface area is 108 Å². The molecule has 2 rings (SSSR count). The van der Waals surface area contributed by atoms with Gasteiger partial charge in [-0.1, -0.05) is 0 Å². The van der Waals surface area contributed by atoms with Crippen molar-refractivity contribution in [2.75, 3.05) is 6.61 Å². The zero-order valence-corrected chi connectivity index (χ0v) is 9.80. The van der Waals surface area contributed by atoms with Gasteiger partial charge in [0.25, 0.3) is 5.91 Å². The highest BCUT2D eigenvalue weighted by atomic mass is 16.6. The maximum atomic E-state index is 11.0. The first-order valence-electron chi connectivity index (χ1n) is 5.47. The Morgan fingerprint density at radius 2 is 2.26 bits per heavy atom. The summed E-state index contributed by atoms with van der Waals surface area (Å²) in [7, 11) is 0. The molecule has 0 bridgehead atoms. The van der Waals surface area contributed by atoms with E-state index in [2.05, 4.69) is 10.9 Å². The van der Waals surface area contributed by atoms with Gasteiger partial charge >= 0.3 is 0 Å². The number of amides is 1. The van der Waals surface area contributed by atoms with Crippen molar-refractivity contribution in [2.45, 2.75) is 24.5 Å². The number of hydrogen-bond acceptors (Lipinski definition) is 6. The van der Waals surface area contributed by atoms with Crippen molar-refractivity contribution < 1.29 is 24.9 Å². The number of aromatic nitrogens is 2. The molecule has 0 saturated carbocycles. The number of hydrogen-bond donors (Lipinski definition) is 4. The number of carbonyl (C=O) groups is 1. The number of terminal acetylenes is 1. The first-order chi connectivity index (χ1) is 8.99. The van der Waals surface area contributed by atoms with E-state index in [1.165, 1.54) is 10.8 Å². The monoisotopic (exact) mass is 267 g/mol. The summed E-state index contributed by atoms with van der Waals surface area (Å²) >= 11 is 0. The molecule has 0 aliphatic carbocycles. The first kappa shape index (κ1) is 13.5. The number of ether oxygens (including phenoxy) is 1. The van der Waals surface area contributed by atoms with Gasteiger partial charge in [-0.05, 0) is 5.92 Å².